The van der Waals surface area contributed by atoms with Gasteiger partial charge in [-0.1, -0.05) is 23.1 Å². The number of hydrogen-bond donors (Lipinski definition) is 3. The minimum atomic E-state index is -0.421. The highest BCUT2D eigenvalue weighted by molar-refractivity contribution is 8.01. The zero-order valence-electron chi connectivity index (χ0n) is 13.0. The Morgan fingerprint density at radius 3 is 2.71 bits per heavy atom. The van der Waals surface area contributed by atoms with Crippen LogP contribution in [0.1, 0.15) is 12.8 Å². The summed E-state index contributed by atoms with van der Waals surface area (Å²) < 4.78 is 13.7. The number of thioether (sulfide) groups is 1. The number of nitrogens with zero attached hydrogens (tertiary/aromatic N) is 2. The topological polar surface area (TPSA) is 71.3 Å². The maximum Gasteiger partial charge on any atom is 0.325 e. The summed E-state index contributed by atoms with van der Waals surface area (Å²) in [6.07, 6.45) is 2.66. The highest BCUT2D eigenvalue weighted by Gasteiger charge is 2.15. The monoisotopic (exact) mass is 368 g/mol. The third-order valence-electron chi connectivity index (χ3n) is 3.72. The lowest BCUT2D eigenvalue weighted by Gasteiger charge is -2.10. The summed E-state index contributed by atoms with van der Waals surface area (Å²) in [5.74, 6) is 0.661. The Hall–Kier alpha value is -1.71. The van der Waals surface area contributed by atoms with E-state index in [1.807, 2.05) is 0 Å². The number of carbonyl (C=O) groups is 1. The molecule has 24 heavy (non-hydrogen) atoms. The van der Waals surface area contributed by atoms with Crippen LogP contribution in [0.3, 0.4) is 0 Å². The van der Waals surface area contributed by atoms with Crippen LogP contribution in [0.2, 0.25) is 0 Å². The van der Waals surface area contributed by atoms with E-state index in [-0.39, 0.29) is 5.82 Å². The van der Waals surface area contributed by atoms with Gasteiger partial charge in [-0.2, -0.15) is 0 Å². The maximum absolute atomic E-state index is 12.8. The minimum absolute atomic E-state index is 0.345. The largest absolute Gasteiger partial charge is 0.334 e. The molecular weight excluding hydrogens is 349 g/mol. The van der Waals surface area contributed by atoms with E-state index in [0.717, 1.165) is 16.6 Å². The van der Waals surface area contributed by atoms with E-state index < -0.39 is 6.03 Å². The molecule has 0 radical (unpaired) electrons. The van der Waals surface area contributed by atoms with Crippen LogP contribution >= 0.6 is 23.1 Å². The number of aromatic nitrogens is 2. The summed E-state index contributed by atoms with van der Waals surface area (Å²) in [5, 5.41) is 13.8. The smallest absolute Gasteiger partial charge is 0.325 e. The van der Waals surface area contributed by atoms with E-state index in [1.54, 1.807) is 16.7 Å². The minimum Gasteiger partial charge on any atom is -0.334 e. The van der Waals surface area contributed by atoms with Gasteiger partial charge in [-0.05, 0) is 24.3 Å². The summed E-state index contributed by atoms with van der Waals surface area (Å²) in [6, 6.07) is 5.15. The van der Waals surface area contributed by atoms with Gasteiger partial charge >= 0.3 is 6.03 Å². The van der Waals surface area contributed by atoms with Gasteiger partial charge in [0.15, 0.2) is 4.34 Å². The lowest BCUT2D eigenvalue weighted by atomic mass is 10.3. The number of benzene rings is 1. The number of anilines is 2. The second-order valence-electron chi connectivity index (χ2n) is 5.51. The van der Waals surface area contributed by atoms with Gasteiger partial charge in [0.2, 0.25) is 5.13 Å². The molecule has 9 heteroatoms. The van der Waals surface area contributed by atoms with Crippen molar-refractivity contribution in [2.75, 3.05) is 36.0 Å². The molecule has 1 fully saturated rings. The zero-order valence-corrected chi connectivity index (χ0v) is 14.7. The van der Waals surface area contributed by atoms with Crippen LogP contribution in [-0.4, -0.2) is 41.6 Å². The van der Waals surface area contributed by atoms with Crippen LogP contribution in [0.15, 0.2) is 28.6 Å². The molecule has 128 valence electrons. The van der Waals surface area contributed by atoms with Crippen molar-refractivity contribution < 1.29 is 14.1 Å². The van der Waals surface area contributed by atoms with E-state index in [1.165, 1.54) is 61.5 Å². The maximum atomic E-state index is 12.8. The molecule has 1 saturated heterocycles. The molecule has 0 aliphatic carbocycles. The Morgan fingerprint density at radius 1 is 1.21 bits per heavy atom. The molecule has 0 spiro atoms. The van der Waals surface area contributed by atoms with Gasteiger partial charge in [0.1, 0.15) is 5.82 Å². The fraction of sp³-hybridized carbons (Fsp3) is 0.400. The number of likely N-dealkylation sites (tertiary alicyclic amines) is 1. The summed E-state index contributed by atoms with van der Waals surface area (Å²) in [4.78, 5) is 13.5. The van der Waals surface area contributed by atoms with Crippen molar-refractivity contribution in [3.8, 4) is 0 Å². The average Bonchev–Trinajstić information content (AvgIpc) is 3.22. The lowest BCUT2D eigenvalue weighted by molar-refractivity contribution is -0.884. The first-order chi connectivity index (χ1) is 11.7. The number of quaternary nitrogens is 1. The van der Waals surface area contributed by atoms with Gasteiger partial charge in [-0.3, -0.25) is 5.32 Å². The second kappa shape index (κ2) is 8.41. The van der Waals surface area contributed by atoms with Gasteiger partial charge in [-0.15, -0.1) is 10.2 Å². The number of nitrogens with one attached hydrogen (secondary N) is 3. The van der Waals surface area contributed by atoms with Crippen molar-refractivity contribution >= 4 is 39.9 Å². The van der Waals surface area contributed by atoms with Crippen molar-refractivity contribution in [3.63, 3.8) is 0 Å². The van der Waals surface area contributed by atoms with Gasteiger partial charge in [0.05, 0.1) is 19.6 Å². The molecule has 3 N–H and O–H groups in total. The van der Waals surface area contributed by atoms with E-state index in [4.69, 9.17) is 0 Å². The summed E-state index contributed by atoms with van der Waals surface area (Å²) in [7, 11) is 0. The number of rotatable bonds is 6. The molecule has 2 aromatic rings. The summed E-state index contributed by atoms with van der Waals surface area (Å²) in [5.41, 5.74) is 0.515. The molecule has 0 saturated carbocycles. The van der Waals surface area contributed by atoms with Crippen molar-refractivity contribution in [1.29, 1.82) is 0 Å². The number of carbonyl (C=O) groups excluding carboxylic acids is 1. The standard InChI is InChI=1S/C15H18FN5OS2/c16-11-3-5-12(6-4-11)17-13(22)18-14-19-20-15(24-14)23-10-9-21-7-1-2-8-21/h3-6H,1-2,7-10H2,(H2,17,18,19,22)/p+1. The second-order valence-corrected chi connectivity index (χ2v) is 7.83. The van der Waals surface area contributed by atoms with Gasteiger partial charge < -0.3 is 10.2 Å². The molecule has 1 aromatic carbocycles. The molecule has 1 aliphatic rings. The van der Waals surface area contributed by atoms with Crippen LogP contribution in [0, 0.1) is 5.82 Å². The lowest BCUT2D eigenvalue weighted by Crippen LogP contribution is -3.10. The normalized spacial score (nSPS) is 14.7. The molecule has 2 heterocycles. The molecule has 1 aliphatic heterocycles. The van der Waals surface area contributed by atoms with E-state index in [2.05, 4.69) is 20.8 Å². The molecule has 1 aromatic heterocycles. The Morgan fingerprint density at radius 2 is 1.96 bits per heavy atom. The van der Waals surface area contributed by atoms with Crippen LogP contribution in [0.25, 0.3) is 0 Å². The molecule has 2 amide bonds. The predicted molar refractivity (Wildman–Crippen MR) is 94.5 cm³/mol. The van der Waals surface area contributed by atoms with Crippen LogP contribution in [0.4, 0.5) is 20.0 Å². The fourth-order valence-corrected chi connectivity index (χ4v) is 4.38. The molecule has 0 atom stereocenters. The summed E-state index contributed by atoms with van der Waals surface area (Å²) >= 11 is 3.03. The fourth-order valence-electron chi connectivity index (χ4n) is 2.52. The van der Waals surface area contributed by atoms with Crippen LogP contribution in [-0.2, 0) is 0 Å². The van der Waals surface area contributed by atoms with E-state index in [0.29, 0.717) is 10.8 Å². The van der Waals surface area contributed by atoms with E-state index in [9.17, 15) is 9.18 Å². The summed E-state index contributed by atoms with van der Waals surface area (Å²) in [6.45, 7) is 3.68. The Labute approximate surface area is 147 Å². The van der Waals surface area contributed by atoms with Crippen LogP contribution < -0.4 is 15.5 Å². The third kappa shape index (κ3) is 5.15. The third-order valence-corrected chi connectivity index (χ3v) is 5.69. The SMILES string of the molecule is O=C(Nc1ccc(F)cc1)Nc1nnc(SCC[NH+]2CCCC2)s1. The van der Waals surface area contributed by atoms with Gasteiger partial charge in [-0.25, -0.2) is 9.18 Å². The van der Waals surface area contributed by atoms with E-state index >= 15 is 0 Å². The molecule has 6 nitrogen and oxygen atoms in total. The number of urea groups is 1. The first kappa shape index (κ1) is 17.1. The first-order valence-corrected chi connectivity index (χ1v) is 9.63. The Bertz CT molecular complexity index is 673. The van der Waals surface area contributed by atoms with Crippen molar-refractivity contribution in [2.24, 2.45) is 0 Å². The predicted octanol–water partition coefficient (Wildman–Crippen LogP) is 2.09. The number of halogens is 1. The highest BCUT2D eigenvalue weighted by Crippen LogP contribution is 2.25. The van der Waals surface area contributed by atoms with Crippen molar-refractivity contribution in [1.82, 2.24) is 10.2 Å². The van der Waals surface area contributed by atoms with Gasteiger partial charge in [0.25, 0.3) is 0 Å². The number of hydrogen-bond acceptors (Lipinski definition) is 5. The molecule has 0 bridgehead atoms. The van der Waals surface area contributed by atoms with Crippen LogP contribution in [0.5, 0.6) is 0 Å². The average molecular weight is 368 g/mol. The van der Waals surface area contributed by atoms with Crippen molar-refractivity contribution in [3.05, 3.63) is 30.1 Å². The molecule has 0 unspecified atom stereocenters. The molecular formula is C15H19FN5OS2+. The quantitative estimate of drug-likeness (QED) is 0.539. The Kier molecular flexibility index (Phi) is 6.00. The van der Waals surface area contributed by atoms with Gasteiger partial charge in [0, 0.05) is 24.3 Å². The van der Waals surface area contributed by atoms with Crippen molar-refractivity contribution in [2.45, 2.75) is 17.2 Å². The Balaban J connectivity index is 1.42. The zero-order chi connectivity index (χ0) is 16.8. The molecule has 3 rings (SSSR count). The number of amides is 2. The first-order valence-electron chi connectivity index (χ1n) is 7.82. The highest BCUT2D eigenvalue weighted by atomic mass is 32.2.